The smallest absolute Gasteiger partial charge is 0.0717 e. The normalized spacial score (nSPS) is 9.55. The molecule has 0 unspecified atom stereocenters. The van der Waals surface area contributed by atoms with Crippen LogP contribution in [-0.4, -0.2) is 6.61 Å². The van der Waals surface area contributed by atoms with Gasteiger partial charge in [0.15, 0.2) is 0 Å². The molecule has 3 nitrogen and oxygen atoms in total. The number of hydrogen-bond acceptors (Lipinski definition) is 3. The molecule has 1 rings (SSSR count). The number of rotatable bonds is 3. The van der Waals surface area contributed by atoms with E-state index >= 15 is 0 Å². The first-order valence-electron chi connectivity index (χ1n) is 3.56. The Kier molecular flexibility index (Phi) is 2.74. The van der Waals surface area contributed by atoms with E-state index in [-0.39, 0.29) is 0 Å². The molecule has 0 aliphatic carbocycles. The van der Waals surface area contributed by atoms with Gasteiger partial charge < -0.3 is 5.73 Å². The second-order valence-corrected chi connectivity index (χ2v) is 2.16. The summed E-state index contributed by atoms with van der Waals surface area (Å²) < 4.78 is 0. The van der Waals surface area contributed by atoms with Gasteiger partial charge >= 0.3 is 0 Å². The van der Waals surface area contributed by atoms with Crippen molar-refractivity contribution in [2.24, 2.45) is 0 Å². The lowest BCUT2D eigenvalue weighted by atomic mass is 10.3. The van der Waals surface area contributed by atoms with Crippen LogP contribution in [0.1, 0.15) is 6.92 Å². The van der Waals surface area contributed by atoms with E-state index < -0.39 is 0 Å². The zero-order valence-corrected chi connectivity index (χ0v) is 6.50. The molecule has 0 atom stereocenters. The van der Waals surface area contributed by atoms with E-state index in [1.807, 2.05) is 31.2 Å². The van der Waals surface area contributed by atoms with Crippen molar-refractivity contribution in [3.8, 4) is 0 Å². The highest BCUT2D eigenvalue weighted by Gasteiger charge is 1.89. The summed E-state index contributed by atoms with van der Waals surface area (Å²) in [6.45, 7) is 2.55. The van der Waals surface area contributed by atoms with Gasteiger partial charge in [-0.05, 0) is 25.1 Å². The summed E-state index contributed by atoms with van der Waals surface area (Å²) in [7, 11) is 0. The molecule has 0 bridgehead atoms. The molecule has 0 saturated carbocycles. The second kappa shape index (κ2) is 3.83. The average Bonchev–Trinajstić information content (AvgIpc) is 2.01. The van der Waals surface area contributed by atoms with Crippen LogP contribution in [0.3, 0.4) is 0 Å². The number of nitrogen functional groups attached to an aromatic ring is 1. The molecule has 1 aromatic carbocycles. The Morgan fingerprint density at radius 3 is 3.00 bits per heavy atom. The number of nitrogens with one attached hydrogen (secondary N) is 1. The average molecular weight is 152 g/mol. The van der Waals surface area contributed by atoms with Crippen molar-refractivity contribution in [2.75, 3.05) is 17.8 Å². The lowest BCUT2D eigenvalue weighted by Crippen LogP contribution is -2.00. The molecule has 0 fully saturated rings. The van der Waals surface area contributed by atoms with Crippen LogP contribution in [0.15, 0.2) is 24.3 Å². The van der Waals surface area contributed by atoms with Gasteiger partial charge in [-0.2, -0.15) is 0 Å². The summed E-state index contributed by atoms with van der Waals surface area (Å²) in [6.07, 6.45) is 0. The summed E-state index contributed by atoms with van der Waals surface area (Å²) in [5.74, 6) is 0. The van der Waals surface area contributed by atoms with Crippen LogP contribution in [-0.2, 0) is 4.84 Å². The predicted octanol–water partition coefficient (Wildman–Crippen LogP) is 1.63. The SMILES string of the molecule is CCONc1cccc(N)c1. The maximum absolute atomic E-state index is 5.53. The first-order chi connectivity index (χ1) is 5.33. The summed E-state index contributed by atoms with van der Waals surface area (Å²) >= 11 is 0. The Hall–Kier alpha value is -1.22. The monoisotopic (exact) mass is 152 g/mol. The number of benzene rings is 1. The molecule has 0 aromatic heterocycles. The van der Waals surface area contributed by atoms with Crippen molar-refractivity contribution in [3.63, 3.8) is 0 Å². The van der Waals surface area contributed by atoms with Gasteiger partial charge in [0.05, 0.1) is 12.3 Å². The summed E-state index contributed by atoms with van der Waals surface area (Å²) in [5, 5.41) is 0. The standard InChI is InChI=1S/C8H12N2O/c1-2-11-10-8-5-3-4-7(9)6-8/h3-6,10H,2,9H2,1H3. The molecule has 3 heteroatoms. The lowest BCUT2D eigenvalue weighted by molar-refractivity contribution is 0.210. The molecule has 60 valence electrons. The fourth-order valence-corrected chi connectivity index (χ4v) is 0.758. The number of nitrogens with two attached hydrogens (primary N) is 1. The third kappa shape index (κ3) is 2.47. The Morgan fingerprint density at radius 2 is 2.36 bits per heavy atom. The van der Waals surface area contributed by atoms with Crippen molar-refractivity contribution >= 4 is 11.4 Å². The van der Waals surface area contributed by atoms with Crippen LogP contribution >= 0.6 is 0 Å². The number of anilines is 2. The number of hydrogen-bond donors (Lipinski definition) is 2. The topological polar surface area (TPSA) is 47.3 Å². The van der Waals surface area contributed by atoms with E-state index in [2.05, 4.69) is 5.48 Å². The second-order valence-electron chi connectivity index (χ2n) is 2.16. The van der Waals surface area contributed by atoms with Gasteiger partial charge in [0.1, 0.15) is 0 Å². The third-order valence-corrected chi connectivity index (χ3v) is 1.22. The highest BCUT2D eigenvalue weighted by Crippen LogP contribution is 2.10. The molecule has 0 saturated heterocycles. The molecule has 1 aromatic rings. The molecule has 0 aliphatic rings. The van der Waals surface area contributed by atoms with Crippen LogP contribution < -0.4 is 11.2 Å². The lowest BCUT2D eigenvalue weighted by Gasteiger charge is -2.04. The van der Waals surface area contributed by atoms with E-state index in [1.165, 1.54) is 0 Å². The van der Waals surface area contributed by atoms with Crippen LogP contribution in [0.2, 0.25) is 0 Å². The first-order valence-corrected chi connectivity index (χ1v) is 3.56. The Morgan fingerprint density at radius 1 is 1.55 bits per heavy atom. The first kappa shape index (κ1) is 7.88. The van der Waals surface area contributed by atoms with Gasteiger partial charge in [-0.25, -0.2) is 0 Å². The van der Waals surface area contributed by atoms with E-state index in [1.54, 1.807) is 0 Å². The molecule has 0 spiro atoms. The zero-order valence-electron chi connectivity index (χ0n) is 6.50. The van der Waals surface area contributed by atoms with Crippen LogP contribution in [0.4, 0.5) is 11.4 Å². The summed E-state index contributed by atoms with van der Waals surface area (Å²) in [5.41, 5.74) is 9.90. The minimum Gasteiger partial charge on any atom is -0.399 e. The van der Waals surface area contributed by atoms with Gasteiger partial charge in [0.25, 0.3) is 0 Å². The van der Waals surface area contributed by atoms with Crippen molar-refractivity contribution in [2.45, 2.75) is 6.92 Å². The largest absolute Gasteiger partial charge is 0.399 e. The Balaban J connectivity index is 2.56. The molecule has 11 heavy (non-hydrogen) atoms. The molecule has 0 aliphatic heterocycles. The molecule has 3 N–H and O–H groups in total. The van der Waals surface area contributed by atoms with Gasteiger partial charge in [-0.3, -0.25) is 10.3 Å². The predicted molar refractivity (Wildman–Crippen MR) is 46.1 cm³/mol. The summed E-state index contributed by atoms with van der Waals surface area (Å²) in [4.78, 5) is 4.97. The van der Waals surface area contributed by atoms with Crippen molar-refractivity contribution in [3.05, 3.63) is 24.3 Å². The molecular formula is C8H12N2O. The van der Waals surface area contributed by atoms with Crippen molar-refractivity contribution in [1.82, 2.24) is 0 Å². The van der Waals surface area contributed by atoms with Gasteiger partial charge in [-0.1, -0.05) is 6.07 Å². The molecule has 0 heterocycles. The van der Waals surface area contributed by atoms with E-state index in [4.69, 9.17) is 10.6 Å². The van der Waals surface area contributed by atoms with E-state index in [9.17, 15) is 0 Å². The van der Waals surface area contributed by atoms with E-state index in [0.717, 1.165) is 11.4 Å². The zero-order chi connectivity index (χ0) is 8.10. The van der Waals surface area contributed by atoms with Crippen molar-refractivity contribution < 1.29 is 4.84 Å². The van der Waals surface area contributed by atoms with E-state index in [0.29, 0.717) is 6.61 Å². The summed E-state index contributed by atoms with van der Waals surface area (Å²) in [6, 6.07) is 7.41. The van der Waals surface area contributed by atoms with Crippen LogP contribution in [0.25, 0.3) is 0 Å². The highest BCUT2D eigenvalue weighted by molar-refractivity contribution is 5.52. The molecular weight excluding hydrogens is 140 g/mol. The van der Waals surface area contributed by atoms with Gasteiger partial charge in [0, 0.05) is 5.69 Å². The quantitative estimate of drug-likeness (QED) is 0.511. The minimum absolute atomic E-state index is 0.634. The Bertz CT molecular complexity index is 225. The Labute approximate surface area is 66.1 Å². The van der Waals surface area contributed by atoms with Gasteiger partial charge in [0.2, 0.25) is 0 Å². The highest BCUT2D eigenvalue weighted by atomic mass is 16.6. The molecule has 0 amide bonds. The maximum atomic E-state index is 5.53. The molecule has 0 radical (unpaired) electrons. The third-order valence-electron chi connectivity index (χ3n) is 1.22. The fourth-order valence-electron chi connectivity index (χ4n) is 0.758. The van der Waals surface area contributed by atoms with Crippen LogP contribution in [0.5, 0.6) is 0 Å². The van der Waals surface area contributed by atoms with Crippen molar-refractivity contribution in [1.29, 1.82) is 0 Å². The fraction of sp³-hybridized carbons (Fsp3) is 0.250. The minimum atomic E-state index is 0.634. The van der Waals surface area contributed by atoms with Crippen LogP contribution in [0, 0.1) is 0 Å². The maximum Gasteiger partial charge on any atom is 0.0717 e. The van der Waals surface area contributed by atoms with Gasteiger partial charge in [-0.15, -0.1) is 0 Å².